The first-order valence-corrected chi connectivity index (χ1v) is 14.4. The molecule has 0 unspecified atom stereocenters. The van der Waals surface area contributed by atoms with E-state index in [1.807, 2.05) is 24.3 Å². The Labute approximate surface area is 244 Å². The first-order valence-electron chi connectivity index (χ1n) is 14.4. The van der Waals surface area contributed by atoms with Crippen LogP contribution in [0.4, 0.5) is 0 Å². The van der Waals surface area contributed by atoms with Crippen molar-refractivity contribution in [3.63, 3.8) is 0 Å². The van der Waals surface area contributed by atoms with E-state index in [0.717, 1.165) is 51.8 Å². The van der Waals surface area contributed by atoms with Gasteiger partial charge in [-0.15, -0.1) is 0 Å². The van der Waals surface area contributed by atoms with E-state index >= 15 is 0 Å². The van der Waals surface area contributed by atoms with E-state index in [1.54, 1.807) is 0 Å². The van der Waals surface area contributed by atoms with E-state index in [1.165, 1.54) is 27.7 Å². The molecule has 4 aromatic carbocycles. The molecule has 4 nitrogen and oxygen atoms in total. The number of aromatic nitrogens is 1. The Morgan fingerprint density at radius 2 is 1.67 bits per heavy atom. The van der Waals surface area contributed by atoms with Gasteiger partial charge in [0.25, 0.3) is 0 Å². The van der Waals surface area contributed by atoms with Gasteiger partial charge < -0.3 is 19.4 Å². The smallest absolute Gasteiger partial charge is 0.461 e. The second kappa shape index (κ2) is 9.91. The van der Waals surface area contributed by atoms with E-state index in [9.17, 15) is 10.0 Å². The molecule has 5 heteroatoms. The maximum absolute atomic E-state index is 10.2. The highest BCUT2D eigenvalue weighted by molar-refractivity contribution is 6.60. The van der Waals surface area contributed by atoms with Gasteiger partial charge in [0, 0.05) is 34.1 Å². The summed E-state index contributed by atoms with van der Waals surface area (Å²) in [5.41, 5.74) is 9.62. The van der Waals surface area contributed by atoms with Crippen LogP contribution in [-0.4, -0.2) is 21.7 Å². The lowest BCUT2D eigenvalue weighted by Crippen LogP contribution is -2.33. The van der Waals surface area contributed by atoms with Gasteiger partial charge in [0.15, 0.2) is 0 Å². The molecule has 0 saturated carbocycles. The lowest BCUT2D eigenvalue weighted by molar-refractivity contribution is 0.399. The van der Waals surface area contributed by atoms with Gasteiger partial charge in [-0.05, 0) is 76.7 Å². The molecule has 1 aromatic heterocycles. The van der Waals surface area contributed by atoms with Gasteiger partial charge in [0.05, 0.1) is 11.2 Å². The number of benzene rings is 4. The summed E-state index contributed by atoms with van der Waals surface area (Å²) in [6, 6.07) is 27.2. The zero-order valence-electron chi connectivity index (χ0n) is 23.0. The maximum Gasteiger partial charge on any atom is 0.492 e. The molecule has 0 fully saturated rings. The molecule has 0 amide bonds. The summed E-state index contributed by atoms with van der Waals surface area (Å²) >= 11 is 0. The van der Waals surface area contributed by atoms with Gasteiger partial charge in [-0.1, -0.05) is 85.0 Å². The monoisotopic (exact) mass is 545 g/mol. The molecule has 0 atom stereocenters. The molecule has 202 valence electrons. The lowest BCUT2D eigenvalue weighted by atomic mass is 9.75. The minimum atomic E-state index is -1.62. The Balaban J connectivity index is 1.21. The number of rotatable bonds is 4. The van der Waals surface area contributed by atoms with E-state index in [4.69, 9.17) is 4.74 Å². The zero-order chi connectivity index (χ0) is 28.2. The van der Waals surface area contributed by atoms with Crippen molar-refractivity contribution < 1.29 is 14.8 Å². The quantitative estimate of drug-likeness (QED) is 0.237. The van der Waals surface area contributed by atoms with Crippen LogP contribution in [0.15, 0.2) is 121 Å². The molecule has 2 bridgehead atoms. The fourth-order valence-electron chi connectivity index (χ4n) is 6.58. The molecule has 2 heterocycles. The fraction of sp³-hybridized carbons (Fsp3) is 0.0811. The summed E-state index contributed by atoms with van der Waals surface area (Å²) in [4.78, 5) is 0. The molecule has 0 spiro atoms. The van der Waals surface area contributed by atoms with Crippen LogP contribution in [-0.2, 0) is 6.42 Å². The minimum absolute atomic E-state index is 0.389. The highest BCUT2D eigenvalue weighted by atomic mass is 16.5. The van der Waals surface area contributed by atoms with Gasteiger partial charge in [-0.25, -0.2) is 0 Å². The number of ether oxygens (including phenoxy) is 1. The lowest BCUT2D eigenvalue weighted by Gasteiger charge is -2.26. The Hall–Kier alpha value is -4.84. The topological polar surface area (TPSA) is 54.6 Å². The Kier molecular flexibility index (Phi) is 5.88. The largest absolute Gasteiger partial charge is 0.492 e. The fourth-order valence-corrected chi connectivity index (χ4v) is 6.58. The highest BCUT2D eigenvalue weighted by Gasteiger charge is 2.30. The third kappa shape index (κ3) is 4.09. The number of hydrogen-bond acceptors (Lipinski definition) is 3. The van der Waals surface area contributed by atoms with Crippen molar-refractivity contribution in [3.05, 3.63) is 143 Å². The molecule has 2 N–H and O–H groups in total. The van der Waals surface area contributed by atoms with Gasteiger partial charge in [0.2, 0.25) is 0 Å². The van der Waals surface area contributed by atoms with E-state index in [0.29, 0.717) is 17.6 Å². The summed E-state index contributed by atoms with van der Waals surface area (Å²) in [5, 5.41) is 23.6. The van der Waals surface area contributed by atoms with Crippen LogP contribution in [0.1, 0.15) is 35.2 Å². The Morgan fingerprint density at radius 1 is 0.833 bits per heavy atom. The number of hydrogen-bond donors (Lipinski definition) is 2. The van der Waals surface area contributed by atoms with Crippen LogP contribution in [0.5, 0.6) is 5.75 Å². The molecule has 3 aliphatic rings. The van der Waals surface area contributed by atoms with Crippen LogP contribution in [0.2, 0.25) is 0 Å². The number of para-hydroxylation sites is 1. The van der Waals surface area contributed by atoms with E-state index in [-0.39, 0.29) is 0 Å². The van der Waals surface area contributed by atoms with Crippen molar-refractivity contribution >= 4 is 52.0 Å². The molecular formula is C37H28BNO3. The van der Waals surface area contributed by atoms with Crippen molar-refractivity contribution in [2.75, 3.05) is 0 Å². The average Bonchev–Trinajstić information content (AvgIpc) is 3.14. The van der Waals surface area contributed by atoms with E-state index in [2.05, 4.69) is 102 Å². The van der Waals surface area contributed by atoms with Gasteiger partial charge in [-0.2, -0.15) is 0 Å². The van der Waals surface area contributed by atoms with Crippen molar-refractivity contribution in [3.8, 4) is 11.4 Å². The first-order chi connectivity index (χ1) is 20.6. The van der Waals surface area contributed by atoms with Crippen molar-refractivity contribution in [2.24, 2.45) is 0 Å². The summed E-state index contributed by atoms with van der Waals surface area (Å²) in [5.74, 6) is 1.35. The van der Waals surface area contributed by atoms with Crippen LogP contribution in [0.3, 0.4) is 0 Å². The maximum atomic E-state index is 10.2. The molecule has 8 rings (SSSR count). The molecule has 0 radical (unpaired) electrons. The Bertz CT molecular complexity index is 2060. The minimum Gasteiger partial charge on any atom is -0.461 e. The van der Waals surface area contributed by atoms with Gasteiger partial charge >= 0.3 is 7.12 Å². The third-order valence-electron chi connectivity index (χ3n) is 8.44. The van der Waals surface area contributed by atoms with E-state index < -0.39 is 7.12 Å². The predicted molar refractivity (Wildman–Crippen MR) is 173 cm³/mol. The van der Waals surface area contributed by atoms with Crippen molar-refractivity contribution in [1.29, 1.82) is 0 Å². The third-order valence-corrected chi connectivity index (χ3v) is 8.44. The Morgan fingerprint density at radius 3 is 2.55 bits per heavy atom. The summed E-state index contributed by atoms with van der Waals surface area (Å²) in [6.07, 6.45) is 17.7. The number of nitrogens with zero attached hydrogens (tertiary/aromatic N) is 1. The number of fused-ring (bicyclic) bond motifs is 9. The molecule has 5 aromatic rings. The standard InChI is InChI=1S/C37H28BNO3/c40-38(41)33-23-26-9-7-8-12-30(26)36-27-17-15-24(20-29(22-27)42-37(33)36)19-25-16-18-35-32(21-25)31-13-5-2-6-14-34(31)39(35)28-10-3-1-4-11-28/h1,3-18,20-21,23,40-41H,2,19,22H2. The average molecular weight is 545 g/mol. The first kappa shape index (κ1) is 24.9. The molecule has 1 aliphatic heterocycles. The SMILES string of the molecule is OB(O)c1cc2ccccc2c2c1OC1=CC(Cc3ccc4c(c3)c3c(n4-c4ccccc4)C=CCC=C3)=CC=C2C1. The van der Waals surface area contributed by atoms with Crippen LogP contribution < -0.4 is 10.2 Å². The second-order valence-electron chi connectivity index (χ2n) is 11.1. The summed E-state index contributed by atoms with van der Waals surface area (Å²) in [7, 11) is -1.62. The molecule has 0 saturated heterocycles. The number of allylic oxidation sites excluding steroid dienone is 7. The molecular weight excluding hydrogens is 517 g/mol. The predicted octanol–water partition coefficient (Wildman–Crippen LogP) is 7.13. The van der Waals surface area contributed by atoms with Crippen molar-refractivity contribution in [1.82, 2.24) is 4.57 Å². The summed E-state index contributed by atoms with van der Waals surface area (Å²) < 4.78 is 8.75. The van der Waals surface area contributed by atoms with Gasteiger partial charge in [-0.3, -0.25) is 0 Å². The van der Waals surface area contributed by atoms with Gasteiger partial charge in [0.1, 0.15) is 11.5 Å². The zero-order valence-corrected chi connectivity index (χ0v) is 23.0. The normalized spacial score (nSPS) is 15.2. The van der Waals surface area contributed by atoms with Crippen LogP contribution in [0.25, 0.3) is 45.1 Å². The molecule has 2 aliphatic carbocycles. The second-order valence-corrected chi connectivity index (χ2v) is 11.1. The molecule has 42 heavy (non-hydrogen) atoms. The summed E-state index contributed by atoms with van der Waals surface area (Å²) in [6.45, 7) is 0. The van der Waals surface area contributed by atoms with Crippen LogP contribution in [0, 0.1) is 0 Å². The van der Waals surface area contributed by atoms with Crippen LogP contribution >= 0.6 is 0 Å². The van der Waals surface area contributed by atoms with Crippen molar-refractivity contribution in [2.45, 2.75) is 19.3 Å². The highest BCUT2D eigenvalue weighted by Crippen LogP contribution is 2.43.